The van der Waals surface area contributed by atoms with Gasteiger partial charge >= 0.3 is 0 Å². The van der Waals surface area contributed by atoms with Crippen molar-refractivity contribution in [2.24, 2.45) is 0 Å². The standard InChI is InChI=1S/C14H15ClN2S/c15-12-3-1-11(2-4-12)9-17(13-5-6-13)10-14-16-7-8-18-14/h1-4,7-8,13H,5-6,9-10H2. The molecule has 0 spiro atoms. The number of halogens is 1. The van der Waals surface area contributed by atoms with Crippen LogP contribution in [-0.4, -0.2) is 15.9 Å². The molecule has 1 aliphatic rings. The van der Waals surface area contributed by atoms with Crippen LogP contribution in [0.3, 0.4) is 0 Å². The Hall–Kier alpha value is -0.900. The van der Waals surface area contributed by atoms with Crippen LogP contribution in [0.25, 0.3) is 0 Å². The smallest absolute Gasteiger partial charge is 0.107 e. The molecule has 1 aromatic heterocycles. The molecule has 0 aliphatic heterocycles. The molecule has 2 aromatic rings. The fraction of sp³-hybridized carbons (Fsp3) is 0.357. The van der Waals surface area contributed by atoms with Crippen molar-refractivity contribution in [3.8, 4) is 0 Å². The minimum atomic E-state index is 0.740. The van der Waals surface area contributed by atoms with Gasteiger partial charge in [0.15, 0.2) is 0 Å². The number of benzene rings is 1. The maximum Gasteiger partial charge on any atom is 0.107 e. The van der Waals surface area contributed by atoms with Crippen molar-refractivity contribution in [1.82, 2.24) is 9.88 Å². The molecule has 0 bridgehead atoms. The van der Waals surface area contributed by atoms with Gasteiger partial charge in [-0.05, 0) is 30.5 Å². The number of thiazole rings is 1. The third kappa shape index (κ3) is 3.10. The highest BCUT2D eigenvalue weighted by Gasteiger charge is 2.29. The van der Waals surface area contributed by atoms with E-state index in [1.807, 2.05) is 23.7 Å². The first kappa shape index (κ1) is 12.2. The predicted molar refractivity (Wildman–Crippen MR) is 75.8 cm³/mol. The lowest BCUT2D eigenvalue weighted by atomic mass is 10.2. The van der Waals surface area contributed by atoms with Crippen LogP contribution in [0.2, 0.25) is 5.02 Å². The minimum Gasteiger partial charge on any atom is -0.289 e. The topological polar surface area (TPSA) is 16.1 Å². The highest BCUT2D eigenvalue weighted by molar-refractivity contribution is 7.09. The Kier molecular flexibility index (Phi) is 3.64. The van der Waals surface area contributed by atoms with Crippen molar-refractivity contribution in [2.45, 2.75) is 32.0 Å². The number of aromatic nitrogens is 1. The average molecular weight is 279 g/mol. The van der Waals surface area contributed by atoms with Gasteiger partial charge in [0.25, 0.3) is 0 Å². The molecule has 18 heavy (non-hydrogen) atoms. The lowest BCUT2D eigenvalue weighted by molar-refractivity contribution is 0.245. The van der Waals surface area contributed by atoms with Crippen molar-refractivity contribution < 1.29 is 0 Å². The van der Waals surface area contributed by atoms with E-state index in [0.717, 1.165) is 24.2 Å². The van der Waals surface area contributed by atoms with Gasteiger partial charge in [0, 0.05) is 29.2 Å². The summed E-state index contributed by atoms with van der Waals surface area (Å²) in [4.78, 5) is 6.89. The zero-order chi connectivity index (χ0) is 12.4. The van der Waals surface area contributed by atoms with Crippen LogP contribution in [0, 0.1) is 0 Å². The molecule has 1 heterocycles. The molecule has 0 radical (unpaired) electrons. The van der Waals surface area contributed by atoms with Gasteiger partial charge in [0.05, 0.1) is 6.54 Å². The second-order valence-corrected chi connectivity index (χ2v) is 6.10. The number of nitrogens with zero attached hydrogens (tertiary/aromatic N) is 2. The molecule has 1 fully saturated rings. The molecule has 1 aromatic carbocycles. The lowest BCUT2D eigenvalue weighted by Crippen LogP contribution is -2.24. The second kappa shape index (κ2) is 5.39. The maximum atomic E-state index is 5.92. The molecular formula is C14H15ClN2S. The predicted octanol–water partition coefficient (Wildman–Crippen LogP) is 3.96. The van der Waals surface area contributed by atoms with E-state index >= 15 is 0 Å². The molecule has 94 valence electrons. The molecule has 0 atom stereocenters. The first-order chi connectivity index (χ1) is 8.81. The summed E-state index contributed by atoms with van der Waals surface area (Å²) in [5.74, 6) is 0. The zero-order valence-corrected chi connectivity index (χ0v) is 11.6. The summed E-state index contributed by atoms with van der Waals surface area (Å²) < 4.78 is 0. The van der Waals surface area contributed by atoms with Gasteiger partial charge in [-0.2, -0.15) is 0 Å². The van der Waals surface area contributed by atoms with Crippen molar-refractivity contribution in [3.05, 3.63) is 51.4 Å². The lowest BCUT2D eigenvalue weighted by Gasteiger charge is -2.20. The zero-order valence-electron chi connectivity index (χ0n) is 10.1. The Morgan fingerprint density at radius 1 is 1.22 bits per heavy atom. The van der Waals surface area contributed by atoms with E-state index in [4.69, 9.17) is 11.6 Å². The normalized spacial score (nSPS) is 15.2. The summed E-state index contributed by atoms with van der Waals surface area (Å²) in [5, 5.41) is 4.05. The summed E-state index contributed by atoms with van der Waals surface area (Å²) in [6.45, 7) is 1.95. The van der Waals surface area contributed by atoms with Crippen LogP contribution in [0.15, 0.2) is 35.8 Å². The maximum absolute atomic E-state index is 5.92. The largest absolute Gasteiger partial charge is 0.289 e. The van der Waals surface area contributed by atoms with Crippen molar-refractivity contribution in [2.75, 3.05) is 0 Å². The first-order valence-corrected chi connectivity index (χ1v) is 7.44. The van der Waals surface area contributed by atoms with E-state index < -0.39 is 0 Å². The van der Waals surface area contributed by atoms with Crippen molar-refractivity contribution in [1.29, 1.82) is 0 Å². The summed E-state index contributed by atoms with van der Waals surface area (Å²) >= 11 is 7.65. The molecule has 2 nitrogen and oxygen atoms in total. The highest BCUT2D eigenvalue weighted by Crippen LogP contribution is 2.30. The quantitative estimate of drug-likeness (QED) is 0.823. The molecule has 1 saturated carbocycles. The van der Waals surface area contributed by atoms with Gasteiger partial charge in [-0.15, -0.1) is 11.3 Å². The van der Waals surface area contributed by atoms with Gasteiger partial charge < -0.3 is 0 Å². The Labute approximate surface area is 116 Å². The van der Waals surface area contributed by atoms with Crippen LogP contribution >= 0.6 is 22.9 Å². The molecule has 0 amide bonds. The number of rotatable bonds is 5. The average Bonchev–Trinajstić information content (AvgIpc) is 3.10. The third-order valence-corrected chi connectivity index (χ3v) is 4.20. The molecule has 4 heteroatoms. The van der Waals surface area contributed by atoms with Crippen LogP contribution in [0.4, 0.5) is 0 Å². The monoisotopic (exact) mass is 278 g/mol. The van der Waals surface area contributed by atoms with E-state index in [1.54, 1.807) is 11.3 Å². The van der Waals surface area contributed by atoms with E-state index in [2.05, 4.69) is 22.0 Å². The highest BCUT2D eigenvalue weighted by atomic mass is 35.5. The Morgan fingerprint density at radius 2 is 2.00 bits per heavy atom. The van der Waals surface area contributed by atoms with Gasteiger partial charge in [-0.3, -0.25) is 4.90 Å². The van der Waals surface area contributed by atoms with Crippen LogP contribution < -0.4 is 0 Å². The number of hydrogen-bond donors (Lipinski definition) is 0. The van der Waals surface area contributed by atoms with E-state index in [0.29, 0.717) is 0 Å². The minimum absolute atomic E-state index is 0.740. The molecule has 0 unspecified atom stereocenters. The van der Waals surface area contributed by atoms with Gasteiger partial charge in [0.2, 0.25) is 0 Å². The van der Waals surface area contributed by atoms with Crippen molar-refractivity contribution in [3.63, 3.8) is 0 Å². The molecular weight excluding hydrogens is 264 g/mol. The Morgan fingerprint density at radius 3 is 2.61 bits per heavy atom. The number of hydrogen-bond acceptors (Lipinski definition) is 3. The Balaban J connectivity index is 1.68. The fourth-order valence-corrected chi connectivity index (χ4v) is 2.85. The van der Waals surface area contributed by atoms with Crippen LogP contribution in [-0.2, 0) is 13.1 Å². The van der Waals surface area contributed by atoms with Gasteiger partial charge in [0.1, 0.15) is 5.01 Å². The summed E-state index contributed by atoms with van der Waals surface area (Å²) in [6.07, 6.45) is 4.52. The van der Waals surface area contributed by atoms with Crippen LogP contribution in [0.1, 0.15) is 23.4 Å². The summed E-state index contributed by atoms with van der Waals surface area (Å²) in [5.41, 5.74) is 1.32. The molecule has 3 rings (SSSR count). The molecule has 0 saturated heterocycles. The SMILES string of the molecule is Clc1ccc(CN(Cc2nccs2)C2CC2)cc1. The molecule has 0 N–H and O–H groups in total. The summed E-state index contributed by atoms with van der Waals surface area (Å²) in [7, 11) is 0. The van der Waals surface area contributed by atoms with E-state index in [-0.39, 0.29) is 0 Å². The first-order valence-electron chi connectivity index (χ1n) is 6.18. The van der Waals surface area contributed by atoms with E-state index in [9.17, 15) is 0 Å². The third-order valence-electron chi connectivity index (χ3n) is 3.18. The van der Waals surface area contributed by atoms with Gasteiger partial charge in [-0.25, -0.2) is 4.98 Å². The van der Waals surface area contributed by atoms with Gasteiger partial charge in [-0.1, -0.05) is 23.7 Å². The fourth-order valence-electron chi connectivity index (χ4n) is 2.08. The Bertz CT molecular complexity index is 491. The van der Waals surface area contributed by atoms with Crippen molar-refractivity contribution >= 4 is 22.9 Å². The van der Waals surface area contributed by atoms with E-state index in [1.165, 1.54) is 23.4 Å². The summed E-state index contributed by atoms with van der Waals surface area (Å²) in [6, 6.07) is 8.89. The molecule has 1 aliphatic carbocycles. The second-order valence-electron chi connectivity index (χ2n) is 4.69. The van der Waals surface area contributed by atoms with Crippen LogP contribution in [0.5, 0.6) is 0 Å².